The Balaban J connectivity index is 1.44. The Hall–Kier alpha value is -1.76. The fourth-order valence-corrected chi connectivity index (χ4v) is 5.09. The summed E-state index contributed by atoms with van der Waals surface area (Å²) < 4.78 is 28.7. The van der Waals surface area contributed by atoms with Crippen molar-refractivity contribution >= 4 is 21.6 Å². The average molecular weight is 437 g/mol. The summed E-state index contributed by atoms with van der Waals surface area (Å²) in [7, 11) is -3.15. The highest BCUT2D eigenvalue weighted by atomic mass is 32.2. The maximum Gasteiger partial charge on any atom is 0.409 e. The third kappa shape index (κ3) is 6.13. The van der Waals surface area contributed by atoms with Crippen LogP contribution in [-0.4, -0.2) is 58.5 Å². The zero-order valence-corrected chi connectivity index (χ0v) is 19.6. The minimum absolute atomic E-state index is 0.00687. The van der Waals surface area contributed by atoms with Crippen LogP contribution in [0.4, 0.5) is 10.5 Å². The first-order valence-corrected chi connectivity index (χ1v) is 12.9. The fourth-order valence-electron chi connectivity index (χ4n) is 4.46. The highest BCUT2D eigenvalue weighted by Crippen LogP contribution is 2.34. The number of hydrogen-bond acceptors (Lipinski definition) is 5. The minimum atomic E-state index is -3.15. The van der Waals surface area contributed by atoms with Crippen molar-refractivity contribution in [3.05, 3.63) is 24.3 Å². The zero-order chi connectivity index (χ0) is 21.9. The molecule has 3 rings (SSSR count). The lowest BCUT2D eigenvalue weighted by Crippen LogP contribution is -2.43. The number of likely N-dealkylation sites (tertiary alicyclic amines) is 1. The molecule has 6 nitrogen and oxygen atoms in total. The van der Waals surface area contributed by atoms with Gasteiger partial charge in [0.05, 0.1) is 11.5 Å². The normalized spacial score (nSPS) is 19.7. The van der Waals surface area contributed by atoms with Crippen LogP contribution in [0.5, 0.6) is 0 Å². The van der Waals surface area contributed by atoms with E-state index in [-0.39, 0.29) is 11.5 Å². The van der Waals surface area contributed by atoms with Crippen molar-refractivity contribution in [1.29, 1.82) is 0 Å². The van der Waals surface area contributed by atoms with E-state index in [9.17, 15) is 13.2 Å². The lowest BCUT2D eigenvalue weighted by molar-refractivity contribution is 0.0559. The van der Waals surface area contributed by atoms with E-state index in [4.69, 9.17) is 4.74 Å². The van der Waals surface area contributed by atoms with Gasteiger partial charge in [-0.1, -0.05) is 20.8 Å². The molecule has 0 atom stereocenters. The van der Waals surface area contributed by atoms with E-state index in [0.717, 1.165) is 57.5 Å². The molecule has 30 heavy (non-hydrogen) atoms. The molecule has 168 valence electrons. The third-order valence-corrected chi connectivity index (χ3v) is 7.39. The maximum atomic E-state index is 12.3. The third-order valence-electron chi connectivity index (χ3n) is 6.26. The molecule has 0 aliphatic carbocycles. The molecule has 0 spiro atoms. The van der Waals surface area contributed by atoms with Gasteiger partial charge in [-0.2, -0.15) is 0 Å². The standard InChI is InChI=1S/C23H36N2O4S/c1-23(2,3)17-29-22(26)25-15-11-19(12-16-25)18-9-13-24(14-10-18)20-5-7-21(8-6-20)30(4,27)28/h5-8,18-19H,9-17H2,1-4H3. The molecule has 7 heteroatoms. The molecular formula is C23H36N2O4S. The number of piperidine rings is 2. The molecule has 1 amide bonds. The Kier molecular flexibility index (Phi) is 7.00. The van der Waals surface area contributed by atoms with Gasteiger partial charge in [-0.15, -0.1) is 0 Å². The second-order valence-electron chi connectivity index (χ2n) is 10.0. The summed E-state index contributed by atoms with van der Waals surface area (Å²) in [6.07, 6.45) is 5.47. The van der Waals surface area contributed by atoms with Crippen LogP contribution in [0.1, 0.15) is 46.5 Å². The summed E-state index contributed by atoms with van der Waals surface area (Å²) in [5, 5.41) is 0. The fraction of sp³-hybridized carbons (Fsp3) is 0.696. The Morgan fingerprint density at radius 3 is 1.93 bits per heavy atom. The van der Waals surface area contributed by atoms with Gasteiger partial charge in [-0.3, -0.25) is 0 Å². The monoisotopic (exact) mass is 436 g/mol. The molecule has 1 aromatic carbocycles. The predicted molar refractivity (Wildman–Crippen MR) is 120 cm³/mol. The first-order valence-electron chi connectivity index (χ1n) is 11.0. The number of hydrogen-bond donors (Lipinski definition) is 0. The molecule has 0 bridgehead atoms. The van der Waals surface area contributed by atoms with E-state index in [0.29, 0.717) is 23.3 Å². The second-order valence-corrected chi connectivity index (χ2v) is 12.0. The van der Waals surface area contributed by atoms with Gasteiger partial charge in [0.25, 0.3) is 0 Å². The SMILES string of the molecule is CC(C)(C)COC(=O)N1CCC(C2CCN(c3ccc(S(C)(=O)=O)cc3)CC2)CC1. The first kappa shape index (κ1) is 22.9. The summed E-state index contributed by atoms with van der Waals surface area (Å²) >= 11 is 0. The van der Waals surface area contributed by atoms with Crippen LogP contribution < -0.4 is 4.90 Å². The van der Waals surface area contributed by atoms with Gasteiger partial charge in [0, 0.05) is 38.1 Å². The highest BCUT2D eigenvalue weighted by Gasteiger charge is 2.31. The second kappa shape index (κ2) is 9.16. The van der Waals surface area contributed by atoms with Crippen LogP contribution in [0.15, 0.2) is 29.2 Å². The van der Waals surface area contributed by atoms with Crippen molar-refractivity contribution in [3.8, 4) is 0 Å². The maximum absolute atomic E-state index is 12.3. The van der Waals surface area contributed by atoms with Gasteiger partial charge >= 0.3 is 6.09 Å². The van der Waals surface area contributed by atoms with Crippen LogP contribution in [0, 0.1) is 17.3 Å². The van der Waals surface area contributed by atoms with Crippen molar-refractivity contribution in [2.45, 2.75) is 51.3 Å². The van der Waals surface area contributed by atoms with Crippen LogP contribution >= 0.6 is 0 Å². The van der Waals surface area contributed by atoms with Gasteiger partial charge in [-0.25, -0.2) is 13.2 Å². The van der Waals surface area contributed by atoms with E-state index < -0.39 is 9.84 Å². The van der Waals surface area contributed by atoms with E-state index in [1.54, 1.807) is 12.1 Å². The molecule has 2 heterocycles. The van der Waals surface area contributed by atoms with Crippen LogP contribution in [0.3, 0.4) is 0 Å². The molecule has 0 aromatic heterocycles. The topological polar surface area (TPSA) is 66.9 Å². The van der Waals surface area contributed by atoms with Crippen molar-refractivity contribution in [1.82, 2.24) is 4.90 Å². The number of sulfone groups is 1. The molecule has 2 aliphatic rings. The highest BCUT2D eigenvalue weighted by molar-refractivity contribution is 7.90. The van der Waals surface area contributed by atoms with E-state index in [1.165, 1.54) is 6.26 Å². The summed E-state index contributed by atoms with van der Waals surface area (Å²) in [4.78, 5) is 16.9. The van der Waals surface area contributed by atoms with Gasteiger partial charge in [0.2, 0.25) is 0 Å². The molecule has 0 unspecified atom stereocenters. The lowest BCUT2D eigenvalue weighted by Gasteiger charge is -2.40. The van der Waals surface area contributed by atoms with Crippen LogP contribution in [0.2, 0.25) is 0 Å². The van der Waals surface area contributed by atoms with Crippen molar-refractivity contribution in [2.75, 3.05) is 43.9 Å². The number of anilines is 1. The lowest BCUT2D eigenvalue weighted by atomic mass is 9.79. The van der Waals surface area contributed by atoms with E-state index in [2.05, 4.69) is 25.7 Å². The summed E-state index contributed by atoms with van der Waals surface area (Å²) in [5.74, 6) is 1.37. The summed E-state index contributed by atoms with van der Waals surface area (Å²) in [6, 6.07) is 7.23. The molecular weight excluding hydrogens is 400 g/mol. The Bertz CT molecular complexity index is 814. The van der Waals surface area contributed by atoms with E-state index >= 15 is 0 Å². The quantitative estimate of drug-likeness (QED) is 0.708. The smallest absolute Gasteiger partial charge is 0.409 e. The number of carbonyl (C=O) groups is 1. The largest absolute Gasteiger partial charge is 0.449 e. The average Bonchev–Trinajstić information content (AvgIpc) is 2.71. The van der Waals surface area contributed by atoms with Crippen molar-refractivity contribution in [2.24, 2.45) is 17.3 Å². The van der Waals surface area contributed by atoms with Gasteiger partial charge in [0.1, 0.15) is 0 Å². The molecule has 0 N–H and O–H groups in total. The number of carbonyl (C=O) groups excluding carboxylic acids is 1. The summed E-state index contributed by atoms with van der Waals surface area (Å²) in [5.41, 5.74) is 1.09. The van der Waals surface area contributed by atoms with Crippen LogP contribution in [0.25, 0.3) is 0 Å². The van der Waals surface area contributed by atoms with Gasteiger partial charge in [0.15, 0.2) is 9.84 Å². The number of rotatable bonds is 4. The molecule has 1 aromatic rings. The molecule has 2 saturated heterocycles. The molecule has 0 radical (unpaired) electrons. The minimum Gasteiger partial charge on any atom is -0.449 e. The molecule has 2 aliphatic heterocycles. The van der Waals surface area contributed by atoms with Gasteiger partial charge < -0.3 is 14.5 Å². The number of amides is 1. The first-order chi connectivity index (χ1) is 14.0. The summed E-state index contributed by atoms with van der Waals surface area (Å²) in [6.45, 7) is 10.2. The predicted octanol–water partition coefficient (Wildman–Crippen LogP) is 4.20. The van der Waals surface area contributed by atoms with Crippen LogP contribution in [-0.2, 0) is 14.6 Å². The Morgan fingerprint density at radius 2 is 1.47 bits per heavy atom. The van der Waals surface area contributed by atoms with Gasteiger partial charge in [-0.05, 0) is 67.2 Å². The number of ether oxygens (including phenoxy) is 1. The van der Waals surface area contributed by atoms with E-state index in [1.807, 2.05) is 17.0 Å². The van der Waals surface area contributed by atoms with Crippen molar-refractivity contribution in [3.63, 3.8) is 0 Å². The molecule has 2 fully saturated rings. The number of benzene rings is 1. The Morgan fingerprint density at radius 1 is 0.967 bits per heavy atom. The number of nitrogens with zero attached hydrogens (tertiary/aromatic N) is 2. The van der Waals surface area contributed by atoms with Crippen molar-refractivity contribution < 1.29 is 17.9 Å². The Labute approximate surface area is 181 Å². The zero-order valence-electron chi connectivity index (χ0n) is 18.8. The molecule has 0 saturated carbocycles.